The summed E-state index contributed by atoms with van der Waals surface area (Å²) < 4.78 is 13.8. The molecule has 0 aliphatic carbocycles. The fourth-order valence-electron chi connectivity index (χ4n) is 3.32. The third kappa shape index (κ3) is 5.26. The fourth-order valence-corrected chi connectivity index (χ4v) is 3.95. The molecule has 3 aromatic carbocycles. The molecule has 0 radical (unpaired) electrons. The number of ether oxygens (including phenoxy) is 2. The molecule has 0 amide bonds. The maximum absolute atomic E-state index is 13.0. The minimum absolute atomic E-state index is 0.256. The Bertz CT molecular complexity index is 1390. The van der Waals surface area contributed by atoms with Gasteiger partial charge in [-0.2, -0.15) is 9.78 Å². The Labute approximate surface area is 204 Å². The van der Waals surface area contributed by atoms with Gasteiger partial charge in [0.1, 0.15) is 12.4 Å². The molecule has 0 atom stereocenters. The second-order valence-corrected chi connectivity index (χ2v) is 8.54. The Balaban J connectivity index is 1.66. The lowest BCUT2D eigenvalue weighted by Crippen LogP contribution is -2.20. The molecule has 8 heteroatoms. The SMILES string of the molecule is CCOc1cc(C=Nn2c(C)nc3ccc(Br)cc3c2=O)cc(Cl)c1OCc1ccccc1. The highest BCUT2D eigenvalue weighted by molar-refractivity contribution is 9.10. The van der Waals surface area contributed by atoms with Crippen LogP contribution >= 0.6 is 27.5 Å². The van der Waals surface area contributed by atoms with Crippen molar-refractivity contribution >= 4 is 44.6 Å². The van der Waals surface area contributed by atoms with Crippen LogP contribution in [0.25, 0.3) is 10.9 Å². The Morgan fingerprint density at radius 2 is 1.91 bits per heavy atom. The average Bonchev–Trinajstić information content (AvgIpc) is 2.80. The predicted octanol–water partition coefficient (Wildman–Crippen LogP) is 5.98. The zero-order valence-electron chi connectivity index (χ0n) is 18.1. The molecule has 1 heterocycles. The van der Waals surface area contributed by atoms with E-state index < -0.39 is 0 Å². The third-order valence-electron chi connectivity index (χ3n) is 4.85. The molecule has 0 spiro atoms. The van der Waals surface area contributed by atoms with E-state index in [1.54, 1.807) is 37.4 Å². The van der Waals surface area contributed by atoms with Gasteiger partial charge in [0.15, 0.2) is 11.5 Å². The molecule has 0 aliphatic rings. The lowest BCUT2D eigenvalue weighted by Gasteiger charge is -2.14. The zero-order chi connectivity index (χ0) is 23.4. The summed E-state index contributed by atoms with van der Waals surface area (Å²) >= 11 is 9.92. The molecule has 33 heavy (non-hydrogen) atoms. The quantitative estimate of drug-likeness (QED) is 0.278. The smallest absolute Gasteiger partial charge is 0.282 e. The van der Waals surface area contributed by atoms with Crippen molar-refractivity contribution in [1.29, 1.82) is 0 Å². The molecule has 4 rings (SSSR count). The number of benzene rings is 3. The van der Waals surface area contributed by atoms with Crippen LogP contribution in [0.1, 0.15) is 23.9 Å². The number of halogens is 2. The number of hydrogen-bond donors (Lipinski definition) is 0. The third-order valence-corrected chi connectivity index (χ3v) is 5.62. The van der Waals surface area contributed by atoms with Crippen molar-refractivity contribution in [3.8, 4) is 11.5 Å². The first kappa shape index (κ1) is 23.0. The minimum atomic E-state index is -0.256. The van der Waals surface area contributed by atoms with Gasteiger partial charge in [-0.05, 0) is 55.3 Å². The van der Waals surface area contributed by atoms with Crippen LogP contribution in [0.15, 0.2) is 75.0 Å². The number of fused-ring (bicyclic) bond motifs is 1. The molecule has 0 N–H and O–H groups in total. The van der Waals surface area contributed by atoms with E-state index in [0.29, 0.717) is 52.0 Å². The number of hydrogen-bond acceptors (Lipinski definition) is 5. The lowest BCUT2D eigenvalue weighted by atomic mass is 10.2. The van der Waals surface area contributed by atoms with Crippen molar-refractivity contribution in [3.05, 3.63) is 97.5 Å². The normalized spacial score (nSPS) is 11.3. The summed E-state index contributed by atoms with van der Waals surface area (Å²) in [4.78, 5) is 17.4. The number of aromatic nitrogens is 2. The van der Waals surface area contributed by atoms with Crippen molar-refractivity contribution in [2.45, 2.75) is 20.5 Å². The molecule has 168 valence electrons. The topological polar surface area (TPSA) is 65.7 Å². The molecule has 0 saturated heterocycles. The molecule has 0 saturated carbocycles. The Morgan fingerprint density at radius 1 is 1.12 bits per heavy atom. The summed E-state index contributed by atoms with van der Waals surface area (Å²) in [5.41, 5.74) is 2.05. The summed E-state index contributed by atoms with van der Waals surface area (Å²) in [5.74, 6) is 1.45. The van der Waals surface area contributed by atoms with Crippen molar-refractivity contribution < 1.29 is 9.47 Å². The largest absolute Gasteiger partial charge is 0.490 e. The highest BCUT2D eigenvalue weighted by atomic mass is 79.9. The first-order valence-corrected chi connectivity index (χ1v) is 11.5. The van der Waals surface area contributed by atoms with Gasteiger partial charge >= 0.3 is 0 Å². The molecule has 0 unspecified atom stereocenters. The van der Waals surface area contributed by atoms with Crippen LogP contribution in [0.2, 0.25) is 5.02 Å². The summed E-state index contributed by atoms with van der Waals surface area (Å²) in [6.07, 6.45) is 1.55. The van der Waals surface area contributed by atoms with Gasteiger partial charge in [0.05, 0.1) is 28.7 Å². The predicted molar refractivity (Wildman–Crippen MR) is 135 cm³/mol. The van der Waals surface area contributed by atoms with E-state index >= 15 is 0 Å². The summed E-state index contributed by atoms with van der Waals surface area (Å²) in [7, 11) is 0. The van der Waals surface area contributed by atoms with Crippen LogP contribution in [-0.2, 0) is 6.61 Å². The summed E-state index contributed by atoms with van der Waals surface area (Å²) in [6.45, 7) is 4.43. The van der Waals surface area contributed by atoms with Gasteiger partial charge in [0.2, 0.25) is 0 Å². The summed E-state index contributed by atoms with van der Waals surface area (Å²) in [6, 6.07) is 18.7. The zero-order valence-corrected chi connectivity index (χ0v) is 20.4. The molecule has 0 aliphatic heterocycles. The average molecular weight is 527 g/mol. The molecule has 0 fully saturated rings. The first-order chi connectivity index (χ1) is 16.0. The molecule has 0 bridgehead atoms. The van der Waals surface area contributed by atoms with Crippen LogP contribution < -0.4 is 15.0 Å². The monoisotopic (exact) mass is 525 g/mol. The first-order valence-electron chi connectivity index (χ1n) is 10.3. The van der Waals surface area contributed by atoms with E-state index in [4.69, 9.17) is 21.1 Å². The van der Waals surface area contributed by atoms with Crippen molar-refractivity contribution in [2.24, 2.45) is 5.10 Å². The van der Waals surface area contributed by atoms with Crippen molar-refractivity contribution in [1.82, 2.24) is 9.66 Å². The van der Waals surface area contributed by atoms with Crippen molar-refractivity contribution in [3.63, 3.8) is 0 Å². The van der Waals surface area contributed by atoms with Gasteiger partial charge in [-0.1, -0.05) is 57.9 Å². The van der Waals surface area contributed by atoms with Crippen molar-refractivity contribution in [2.75, 3.05) is 6.61 Å². The number of nitrogens with zero attached hydrogens (tertiary/aromatic N) is 3. The summed E-state index contributed by atoms with van der Waals surface area (Å²) in [5, 5.41) is 5.24. The van der Waals surface area contributed by atoms with Crippen LogP contribution in [0.4, 0.5) is 0 Å². The highest BCUT2D eigenvalue weighted by Gasteiger charge is 2.13. The fraction of sp³-hybridized carbons (Fsp3) is 0.160. The van der Waals surface area contributed by atoms with E-state index in [9.17, 15) is 4.79 Å². The second kappa shape index (κ2) is 10.2. The number of aryl methyl sites for hydroxylation is 1. The molecular formula is C25H21BrClN3O3. The van der Waals surface area contributed by atoms with Gasteiger partial charge in [-0.25, -0.2) is 4.98 Å². The van der Waals surface area contributed by atoms with Gasteiger partial charge in [0, 0.05) is 4.47 Å². The molecular weight excluding hydrogens is 506 g/mol. The second-order valence-electron chi connectivity index (χ2n) is 7.22. The maximum atomic E-state index is 13.0. The Kier molecular flexibility index (Phi) is 7.11. The Hall–Kier alpha value is -3.16. The van der Waals surface area contributed by atoms with E-state index in [1.165, 1.54) is 4.68 Å². The molecule has 1 aromatic heterocycles. The standard InChI is InChI=1S/C25H21BrClN3O3/c1-3-32-23-12-18(11-21(27)24(23)33-15-17-7-5-4-6-8-17)14-28-30-16(2)29-22-10-9-19(26)13-20(22)25(30)31/h4-14H,3,15H2,1-2H3. The van der Waals surface area contributed by atoms with E-state index in [-0.39, 0.29) is 5.56 Å². The van der Waals surface area contributed by atoms with E-state index in [0.717, 1.165) is 10.0 Å². The van der Waals surface area contributed by atoms with E-state index in [2.05, 4.69) is 26.0 Å². The maximum Gasteiger partial charge on any atom is 0.282 e. The van der Waals surface area contributed by atoms with Crippen LogP contribution in [-0.4, -0.2) is 22.5 Å². The number of rotatable bonds is 7. The van der Waals surface area contributed by atoms with Crippen LogP contribution in [0.3, 0.4) is 0 Å². The Morgan fingerprint density at radius 3 is 2.67 bits per heavy atom. The highest BCUT2D eigenvalue weighted by Crippen LogP contribution is 2.37. The van der Waals surface area contributed by atoms with Crippen LogP contribution in [0, 0.1) is 6.92 Å². The van der Waals surface area contributed by atoms with E-state index in [1.807, 2.05) is 43.3 Å². The van der Waals surface area contributed by atoms with Gasteiger partial charge in [-0.15, -0.1) is 0 Å². The lowest BCUT2D eigenvalue weighted by molar-refractivity contribution is 0.269. The van der Waals surface area contributed by atoms with Gasteiger partial charge < -0.3 is 9.47 Å². The molecule has 6 nitrogen and oxygen atoms in total. The van der Waals surface area contributed by atoms with Gasteiger partial charge in [0.25, 0.3) is 5.56 Å². The van der Waals surface area contributed by atoms with Gasteiger partial charge in [-0.3, -0.25) is 4.79 Å². The van der Waals surface area contributed by atoms with Crippen LogP contribution in [0.5, 0.6) is 11.5 Å². The minimum Gasteiger partial charge on any atom is -0.490 e. The molecule has 4 aromatic rings.